The van der Waals surface area contributed by atoms with Crippen molar-refractivity contribution in [2.24, 2.45) is 0 Å². The molecule has 1 atom stereocenters. The lowest BCUT2D eigenvalue weighted by atomic mass is 9.78. The van der Waals surface area contributed by atoms with Crippen molar-refractivity contribution < 1.29 is 18.0 Å². The third-order valence-electron chi connectivity index (χ3n) is 3.62. The molecule has 0 aliphatic carbocycles. The maximum absolute atomic E-state index is 13.3. The van der Waals surface area contributed by atoms with E-state index in [0.717, 1.165) is 6.07 Å². The van der Waals surface area contributed by atoms with E-state index in [4.69, 9.17) is 17.6 Å². The van der Waals surface area contributed by atoms with Crippen LogP contribution in [0.1, 0.15) is 30.9 Å². The van der Waals surface area contributed by atoms with E-state index in [-0.39, 0.29) is 27.5 Å². The Morgan fingerprint density at radius 2 is 1.96 bits per heavy atom. The second-order valence-corrected chi connectivity index (χ2v) is 5.51. The van der Waals surface area contributed by atoms with Gasteiger partial charge in [-0.15, -0.1) is 0 Å². The van der Waals surface area contributed by atoms with Gasteiger partial charge in [-0.1, -0.05) is 30.4 Å². The van der Waals surface area contributed by atoms with Crippen molar-refractivity contribution in [1.29, 1.82) is 5.41 Å². The fourth-order valence-electron chi connectivity index (χ4n) is 2.71. The molecule has 0 amide bonds. The van der Waals surface area contributed by atoms with E-state index in [9.17, 15) is 18.0 Å². The molecule has 0 bridgehead atoms. The monoisotopic (exact) mass is 338 g/mol. The lowest BCUT2D eigenvalue weighted by Crippen LogP contribution is -2.35. The van der Waals surface area contributed by atoms with Crippen LogP contribution < -0.4 is 5.32 Å². The average molecular weight is 338 g/mol. The fraction of sp³-hybridized carbons (Fsp3) is 0.250. The van der Waals surface area contributed by atoms with Gasteiger partial charge < -0.3 is 5.32 Å². The molecule has 1 unspecified atom stereocenters. The Bertz CT molecular complexity index is 774. The van der Waals surface area contributed by atoms with Crippen LogP contribution in [0.15, 0.2) is 41.1 Å². The number of hydrogen-bond donors (Lipinski definition) is 2. The smallest absolute Gasteiger partial charge is 0.349 e. The molecule has 2 rings (SSSR count). The van der Waals surface area contributed by atoms with E-state index < -0.39 is 17.7 Å². The van der Waals surface area contributed by atoms with Crippen LogP contribution in [0.2, 0.25) is 0 Å². The zero-order valence-corrected chi connectivity index (χ0v) is 13.2. The lowest BCUT2D eigenvalue weighted by Gasteiger charge is -2.30. The molecule has 7 heteroatoms. The van der Waals surface area contributed by atoms with Crippen LogP contribution in [-0.4, -0.2) is 16.6 Å². The number of Topliss-reactive ketones (excluding diaryl/α,β-unsaturated/α-hetero) is 1. The molecule has 120 valence electrons. The summed E-state index contributed by atoms with van der Waals surface area (Å²) >= 11 is 5.10. The van der Waals surface area contributed by atoms with Gasteiger partial charge in [0.05, 0.1) is 17.1 Å². The molecule has 1 heterocycles. The minimum atomic E-state index is -4.58. The van der Waals surface area contributed by atoms with Gasteiger partial charge in [0.1, 0.15) is 4.99 Å². The summed E-state index contributed by atoms with van der Waals surface area (Å²) < 4.78 is 40.0. The van der Waals surface area contributed by atoms with E-state index in [2.05, 4.69) is 11.2 Å². The highest BCUT2D eigenvalue weighted by molar-refractivity contribution is 7.80. The molecule has 3 nitrogen and oxygen atoms in total. The van der Waals surface area contributed by atoms with Crippen LogP contribution in [-0.2, 0) is 11.0 Å². The van der Waals surface area contributed by atoms with Crippen molar-refractivity contribution >= 4 is 28.9 Å². The number of nitrogens with one attached hydrogen (secondary N) is 2. The van der Waals surface area contributed by atoms with Crippen LogP contribution in [0.4, 0.5) is 13.2 Å². The van der Waals surface area contributed by atoms with Gasteiger partial charge in [0.25, 0.3) is 0 Å². The largest absolute Gasteiger partial charge is 0.416 e. The van der Waals surface area contributed by atoms with Crippen molar-refractivity contribution in [3.05, 3.63) is 52.2 Å². The first-order chi connectivity index (χ1) is 10.7. The molecular formula is C16H13F3N2OS. The van der Waals surface area contributed by atoms with Gasteiger partial charge in [-0.3, -0.25) is 10.2 Å². The summed E-state index contributed by atoms with van der Waals surface area (Å²) in [4.78, 5) is 12.1. The number of hydrogen-bond acceptors (Lipinski definition) is 3. The molecule has 0 spiro atoms. The van der Waals surface area contributed by atoms with Gasteiger partial charge in [-0.2, -0.15) is 13.2 Å². The molecule has 0 radical (unpaired) electrons. The summed E-state index contributed by atoms with van der Waals surface area (Å²) in [7, 11) is 0. The summed E-state index contributed by atoms with van der Waals surface area (Å²) in [5.41, 5.74) is -0.363. The molecule has 1 aliphatic heterocycles. The molecule has 0 saturated heterocycles. The molecule has 1 aromatic carbocycles. The summed E-state index contributed by atoms with van der Waals surface area (Å²) in [6.07, 6.45) is -4.58. The zero-order valence-electron chi connectivity index (χ0n) is 12.3. The number of carbonyl (C=O) groups is 1. The summed E-state index contributed by atoms with van der Waals surface area (Å²) in [6, 6.07) is 5.00. The maximum Gasteiger partial charge on any atom is 0.416 e. The van der Waals surface area contributed by atoms with Crippen LogP contribution in [0, 0.1) is 5.41 Å². The van der Waals surface area contributed by atoms with Gasteiger partial charge in [0.15, 0.2) is 5.78 Å². The number of benzene rings is 1. The van der Waals surface area contributed by atoms with Crippen molar-refractivity contribution in [2.75, 3.05) is 0 Å². The number of halogens is 3. The van der Waals surface area contributed by atoms with E-state index in [1.807, 2.05) is 0 Å². The molecule has 23 heavy (non-hydrogen) atoms. The number of alkyl halides is 3. The average Bonchev–Trinajstić information content (AvgIpc) is 2.45. The van der Waals surface area contributed by atoms with Crippen molar-refractivity contribution in [3.8, 4) is 0 Å². The third kappa shape index (κ3) is 3.11. The second-order valence-electron chi connectivity index (χ2n) is 5.11. The minimum Gasteiger partial charge on any atom is -0.349 e. The Kier molecular flexibility index (Phi) is 4.54. The fourth-order valence-corrected chi connectivity index (χ4v) is 3.03. The Morgan fingerprint density at radius 1 is 1.35 bits per heavy atom. The van der Waals surface area contributed by atoms with Crippen molar-refractivity contribution in [1.82, 2.24) is 5.32 Å². The number of ketones is 1. The summed E-state index contributed by atoms with van der Waals surface area (Å²) in [5, 5.41) is 10.2. The molecule has 2 N–H and O–H groups in total. The minimum absolute atomic E-state index is 0.0486. The van der Waals surface area contributed by atoms with Crippen LogP contribution in [0.5, 0.6) is 0 Å². The Labute approximate surface area is 136 Å². The summed E-state index contributed by atoms with van der Waals surface area (Å²) in [5.74, 6) is 0.655. The molecule has 1 aromatic rings. The zero-order chi connectivity index (χ0) is 17.4. The lowest BCUT2D eigenvalue weighted by molar-refractivity contribution is -0.138. The topological polar surface area (TPSA) is 53.0 Å². The SMILES string of the molecule is CC(=O)C1=C(C)NC(=S)C(=C=N)C1c1ccccc1C(F)(F)F. The maximum atomic E-state index is 13.3. The van der Waals surface area contributed by atoms with Crippen molar-refractivity contribution in [3.63, 3.8) is 0 Å². The second kappa shape index (κ2) is 6.10. The van der Waals surface area contributed by atoms with Gasteiger partial charge >= 0.3 is 6.18 Å². The Morgan fingerprint density at radius 3 is 2.48 bits per heavy atom. The van der Waals surface area contributed by atoms with E-state index in [0.29, 0.717) is 5.70 Å². The normalized spacial score (nSPS) is 18.6. The molecule has 0 saturated carbocycles. The van der Waals surface area contributed by atoms with E-state index in [1.165, 1.54) is 25.1 Å². The van der Waals surface area contributed by atoms with Crippen LogP contribution in [0.25, 0.3) is 0 Å². The predicted molar refractivity (Wildman–Crippen MR) is 84.5 cm³/mol. The predicted octanol–water partition coefficient (Wildman–Crippen LogP) is 3.76. The Hall–Kier alpha value is -2.24. The first-order valence-electron chi connectivity index (χ1n) is 6.67. The van der Waals surface area contributed by atoms with Crippen LogP contribution >= 0.6 is 12.2 Å². The quantitative estimate of drug-likeness (QED) is 0.490. The van der Waals surface area contributed by atoms with Gasteiger partial charge in [-0.05, 0) is 31.3 Å². The number of allylic oxidation sites excluding steroid dienone is 2. The van der Waals surface area contributed by atoms with Gasteiger partial charge in [0, 0.05) is 11.3 Å². The Balaban J connectivity index is 2.82. The molecule has 0 aromatic heterocycles. The number of rotatable bonds is 2. The van der Waals surface area contributed by atoms with Gasteiger partial charge in [-0.25, -0.2) is 0 Å². The van der Waals surface area contributed by atoms with E-state index in [1.54, 1.807) is 6.92 Å². The highest BCUT2D eigenvalue weighted by atomic mass is 32.1. The first-order valence-corrected chi connectivity index (χ1v) is 7.08. The third-order valence-corrected chi connectivity index (χ3v) is 3.94. The number of carbonyl (C=O) groups excluding carboxylic acids is 1. The number of thiocarbonyl (C=S) groups is 1. The van der Waals surface area contributed by atoms with Crippen LogP contribution in [0.3, 0.4) is 0 Å². The summed E-state index contributed by atoms with van der Waals surface area (Å²) in [6.45, 7) is 2.85. The van der Waals surface area contributed by atoms with Crippen molar-refractivity contribution in [2.45, 2.75) is 25.9 Å². The molecule has 1 aliphatic rings. The highest BCUT2D eigenvalue weighted by Crippen LogP contribution is 2.42. The molecular weight excluding hydrogens is 325 g/mol. The molecule has 0 fully saturated rings. The standard InChI is InChI=1S/C16H13F3N2OS/c1-8-13(9(2)22)14(11(7-20)15(23)21-8)10-5-3-4-6-12(10)16(17,18)19/h3-6,14,20H,1-2H3,(H,21,23). The van der Waals surface area contributed by atoms with Gasteiger partial charge in [0.2, 0.25) is 0 Å². The van der Waals surface area contributed by atoms with E-state index >= 15 is 0 Å². The highest BCUT2D eigenvalue weighted by Gasteiger charge is 2.40. The first kappa shape index (κ1) is 17.1.